The maximum atomic E-state index is 11.5. The predicted octanol–water partition coefficient (Wildman–Crippen LogP) is -0.432. The molecule has 78 valence electrons. The second-order valence-electron chi connectivity index (χ2n) is 3.93. The summed E-state index contributed by atoms with van der Waals surface area (Å²) in [6.45, 7) is 0.803. The molecule has 2 aromatic rings. The molecule has 0 aliphatic heterocycles. The van der Waals surface area contributed by atoms with E-state index in [1.807, 2.05) is 24.3 Å². The van der Waals surface area contributed by atoms with Gasteiger partial charge in [-0.3, -0.25) is 4.79 Å². The van der Waals surface area contributed by atoms with E-state index >= 15 is 0 Å². The average Bonchev–Trinajstić information content (AvgIpc) is 2.22. The highest BCUT2D eigenvalue weighted by atomic mass is 16.1. The topological polar surface area (TPSA) is 50.2 Å². The first kappa shape index (κ1) is 9.86. The van der Waals surface area contributed by atoms with Crippen LogP contribution in [-0.4, -0.2) is 24.3 Å². The second-order valence-corrected chi connectivity index (χ2v) is 3.93. The van der Waals surface area contributed by atoms with Crippen LogP contribution in [0.3, 0.4) is 0 Å². The quantitative estimate of drug-likeness (QED) is 0.697. The van der Waals surface area contributed by atoms with Gasteiger partial charge in [-0.2, -0.15) is 5.10 Å². The Morgan fingerprint density at radius 2 is 1.93 bits per heavy atom. The zero-order valence-electron chi connectivity index (χ0n) is 8.87. The molecule has 15 heavy (non-hydrogen) atoms. The molecule has 0 saturated carbocycles. The Bertz CT molecular complexity index is 531. The van der Waals surface area contributed by atoms with E-state index in [1.54, 1.807) is 0 Å². The van der Waals surface area contributed by atoms with Crippen LogP contribution in [-0.2, 0) is 6.54 Å². The summed E-state index contributed by atoms with van der Waals surface area (Å²) in [5, 5.41) is 8.28. The van der Waals surface area contributed by atoms with E-state index in [1.165, 1.54) is 4.90 Å². The summed E-state index contributed by atoms with van der Waals surface area (Å²) in [6.07, 6.45) is 0. The third kappa shape index (κ3) is 1.89. The zero-order valence-corrected chi connectivity index (χ0v) is 8.87. The average molecular weight is 204 g/mol. The third-order valence-corrected chi connectivity index (χ3v) is 2.30. The monoisotopic (exact) mass is 204 g/mol. The summed E-state index contributed by atoms with van der Waals surface area (Å²) in [4.78, 5) is 12.8. The Balaban J connectivity index is 2.66. The van der Waals surface area contributed by atoms with Gasteiger partial charge in [0.05, 0.1) is 19.5 Å². The minimum absolute atomic E-state index is 0.122. The smallest absolute Gasteiger partial charge is 0.272 e. The van der Waals surface area contributed by atoms with Crippen molar-refractivity contribution in [1.82, 2.24) is 10.2 Å². The molecule has 4 nitrogen and oxygen atoms in total. The van der Waals surface area contributed by atoms with E-state index in [-0.39, 0.29) is 5.56 Å². The van der Waals surface area contributed by atoms with Crippen molar-refractivity contribution in [3.63, 3.8) is 0 Å². The van der Waals surface area contributed by atoms with Crippen LogP contribution in [0.4, 0.5) is 0 Å². The number of hydrogen-bond donors (Lipinski definition) is 2. The van der Waals surface area contributed by atoms with Crippen LogP contribution >= 0.6 is 0 Å². The van der Waals surface area contributed by atoms with Crippen molar-refractivity contribution in [2.75, 3.05) is 14.1 Å². The molecule has 4 heteroatoms. The summed E-state index contributed by atoms with van der Waals surface area (Å²) in [7, 11) is 4.11. The Morgan fingerprint density at radius 1 is 1.27 bits per heavy atom. The van der Waals surface area contributed by atoms with E-state index in [0.29, 0.717) is 5.39 Å². The second kappa shape index (κ2) is 3.82. The Labute approximate surface area is 87.5 Å². The number of benzene rings is 1. The highest BCUT2D eigenvalue weighted by Gasteiger charge is 2.07. The fraction of sp³-hybridized carbons (Fsp3) is 0.273. The van der Waals surface area contributed by atoms with Crippen molar-refractivity contribution in [2.24, 2.45) is 0 Å². The van der Waals surface area contributed by atoms with E-state index in [9.17, 15) is 4.79 Å². The van der Waals surface area contributed by atoms with Crippen LogP contribution in [0.2, 0.25) is 0 Å². The van der Waals surface area contributed by atoms with Crippen LogP contribution in [0.15, 0.2) is 29.1 Å². The fourth-order valence-corrected chi connectivity index (χ4v) is 1.64. The van der Waals surface area contributed by atoms with Gasteiger partial charge in [0.1, 0.15) is 12.2 Å². The number of nitrogens with zero attached hydrogens (tertiary/aromatic N) is 1. The predicted molar refractivity (Wildman–Crippen MR) is 58.9 cm³/mol. The van der Waals surface area contributed by atoms with Crippen molar-refractivity contribution >= 4 is 10.8 Å². The molecule has 0 unspecified atom stereocenters. The Morgan fingerprint density at radius 3 is 2.60 bits per heavy atom. The van der Waals surface area contributed by atoms with Crippen molar-refractivity contribution in [3.05, 3.63) is 40.3 Å². The summed E-state index contributed by atoms with van der Waals surface area (Å²) < 4.78 is 0. The standard InChI is InChI=1S/C11H13N3O/c1-14(2)7-10-8-5-3-4-6-9(8)11(15)13-12-10/h3-6H,7H2,1-2H3,(H,13,15)/p+1. The van der Waals surface area contributed by atoms with Crippen molar-refractivity contribution in [2.45, 2.75) is 6.54 Å². The van der Waals surface area contributed by atoms with Gasteiger partial charge < -0.3 is 4.90 Å². The molecule has 0 radical (unpaired) electrons. The number of aromatic amines is 1. The van der Waals surface area contributed by atoms with Gasteiger partial charge in [-0.25, -0.2) is 5.10 Å². The lowest BCUT2D eigenvalue weighted by Gasteiger charge is -2.07. The van der Waals surface area contributed by atoms with Crippen LogP contribution in [0, 0.1) is 0 Å². The van der Waals surface area contributed by atoms with E-state index in [2.05, 4.69) is 24.3 Å². The molecule has 0 aliphatic carbocycles. The highest BCUT2D eigenvalue weighted by Crippen LogP contribution is 2.10. The van der Waals surface area contributed by atoms with Crippen LogP contribution in [0.5, 0.6) is 0 Å². The molecule has 0 bridgehead atoms. The summed E-state index contributed by atoms with van der Waals surface area (Å²) >= 11 is 0. The molecule has 0 amide bonds. The third-order valence-electron chi connectivity index (χ3n) is 2.30. The van der Waals surface area contributed by atoms with E-state index < -0.39 is 0 Å². The number of rotatable bonds is 2. The van der Waals surface area contributed by atoms with Gasteiger partial charge >= 0.3 is 0 Å². The van der Waals surface area contributed by atoms with Crippen LogP contribution in [0.25, 0.3) is 10.8 Å². The molecule has 0 atom stereocenters. The molecule has 0 spiro atoms. The zero-order chi connectivity index (χ0) is 10.8. The molecule has 0 aliphatic rings. The normalized spacial score (nSPS) is 11.1. The van der Waals surface area contributed by atoms with Crippen molar-refractivity contribution in [3.8, 4) is 0 Å². The number of fused-ring (bicyclic) bond motifs is 1. The minimum atomic E-state index is -0.122. The lowest BCUT2D eigenvalue weighted by Crippen LogP contribution is -3.04. The van der Waals surface area contributed by atoms with E-state index in [4.69, 9.17) is 0 Å². The number of quaternary nitrogens is 1. The Hall–Kier alpha value is -1.68. The van der Waals surface area contributed by atoms with Gasteiger partial charge in [0.25, 0.3) is 5.56 Å². The Kier molecular flexibility index (Phi) is 2.51. The molecule has 1 aromatic carbocycles. The van der Waals surface area contributed by atoms with Crippen molar-refractivity contribution < 1.29 is 4.90 Å². The maximum Gasteiger partial charge on any atom is 0.272 e. The van der Waals surface area contributed by atoms with Gasteiger partial charge in [0, 0.05) is 5.39 Å². The van der Waals surface area contributed by atoms with Crippen molar-refractivity contribution in [1.29, 1.82) is 0 Å². The molecule has 2 N–H and O–H groups in total. The molecule has 1 aromatic heterocycles. The van der Waals surface area contributed by atoms with Gasteiger partial charge in [0.15, 0.2) is 0 Å². The molecule has 2 rings (SSSR count). The highest BCUT2D eigenvalue weighted by molar-refractivity contribution is 5.83. The molecule has 1 heterocycles. The van der Waals surface area contributed by atoms with Gasteiger partial charge in [-0.1, -0.05) is 18.2 Å². The molecular formula is C11H14N3O+. The SMILES string of the molecule is C[NH+](C)Cc1n[nH]c(=O)c2ccccc12. The van der Waals surface area contributed by atoms with Gasteiger partial charge in [0.2, 0.25) is 0 Å². The molecule has 0 saturated heterocycles. The van der Waals surface area contributed by atoms with Gasteiger partial charge in [-0.15, -0.1) is 0 Å². The summed E-state index contributed by atoms with van der Waals surface area (Å²) in [5.74, 6) is 0. The van der Waals surface area contributed by atoms with E-state index in [0.717, 1.165) is 17.6 Å². The molecular weight excluding hydrogens is 190 g/mol. The molecule has 0 fully saturated rings. The number of H-pyrrole nitrogens is 1. The van der Waals surface area contributed by atoms with Crippen LogP contribution < -0.4 is 10.5 Å². The number of hydrogen-bond acceptors (Lipinski definition) is 2. The lowest BCUT2D eigenvalue weighted by atomic mass is 10.1. The number of nitrogens with one attached hydrogen (secondary N) is 2. The first-order valence-corrected chi connectivity index (χ1v) is 4.94. The maximum absolute atomic E-state index is 11.5. The first-order valence-electron chi connectivity index (χ1n) is 4.94. The summed E-state index contributed by atoms with van der Waals surface area (Å²) in [6, 6.07) is 7.56. The first-order chi connectivity index (χ1) is 7.18. The largest absolute Gasteiger partial charge is 0.335 e. The lowest BCUT2D eigenvalue weighted by molar-refractivity contribution is -0.872. The summed E-state index contributed by atoms with van der Waals surface area (Å²) in [5.41, 5.74) is 0.813. The van der Waals surface area contributed by atoms with Crippen LogP contribution in [0.1, 0.15) is 5.69 Å². The van der Waals surface area contributed by atoms with Gasteiger partial charge in [-0.05, 0) is 6.07 Å². The number of aromatic nitrogens is 2. The fourth-order valence-electron chi connectivity index (χ4n) is 1.64. The minimum Gasteiger partial charge on any atom is -0.335 e.